The van der Waals surface area contributed by atoms with E-state index in [0.717, 1.165) is 12.0 Å². The van der Waals surface area contributed by atoms with Crippen LogP contribution in [0.5, 0.6) is 0 Å². The fourth-order valence-electron chi connectivity index (χ4n) is 1.79. The Labute approximate surface area is 87.1 Å². The van der Waals surface area contributed by atoms with E-state index in [0.29, 0.717) is 5.92 Å². The Balaban J connectivity index is 2.38. The molecule has 1 nitrogen and oxygen atoms in total. The van der Waals surface area contributed by atoms with Crippen molar-refractivity contribution in [1.29, 1.82) is 5.26 Å². The fourth-order valence-corrected chi connectivity index (χ4v) is 1.79. The SMILES string of the molecule is CCCC/C=C/C1C=C(C#N)CCC1. The van der Waals surface area contributed by atoms with Crippen molar-refractivity contribution in [3.8, 4) is 6.07 Å². The summed E-state index contributed by atoms with van der Waals surface area (Å²) in [6.07, 6.45) is 13.8. The van der Waals surface area contributed by atoms with E-state index in [9.17, 15) is 0 Å². The van der Waals surface area contributed by atoms with Crippen molar-refractivity contribution in [2.45, 2.75) is 45.4 Å². The number of nitrogens with zero attached hydrogens (tertiary/aromatic N) is 1. The maximum atomic E-state index is 8.78. The molecule has 1 heteroatoms. The Bertz CT molecular complexity index is 255. The molecule has 0 radical (unpaired) electrons. The van der Waals surface area contributed by atoms with Crippen LogP contribution in [-0.2, 0) is 0 Å². The lowest BCUT2D eigenvalue weighted by Gasteiger charge is -2.14. The molecule has 76 valence electrons. The quantitative estimate of drug-likeness (QED) is 0.484. The highest BCUT2D eigenvalue weighted by Crippen LogP contribution is 2.23. The maximum absolute atomic E-state index is 8.78. The molecule has 0 amide bonds. The normalized spacial score (nSPS) is 22.0. The van der Waals surface area contributed by atoms with E-state index in [1.165, 1.54) is 32.1 Å². The van der Waals surface area contributed by atoms with Gasteiger partial charge in [0.05, 0.1) is 6.07 Å². The van der Waals surface area contributed by atoms with Gasteiger partial charge in [-0.15, -0.1) is 0 Å². The number of hydrogen-bond acceptors (Lipinski definition) is 1. The van der Waals surface area contributed by atoms with Gasteiger partial charge in [-0.25, -0.2) is 0 Å². The third-order valence-electron chi connectivity index (χ3n) is 2.65. The highest BCUT2D eigenvalue weighted by Gasteiger charge is 2.09. The van der Waals surface area contributed by atoms with Crippen LogP contribution in [0.3, 0.4) is 0 Å². The first-order valence-corrected chi connectivity index (χ1v) is 5.64. The van der Waals surface area contributed by atoms with Crippen LogP contribution >= 0.6 is 0 Å². The summed E-state index contributed by atoms with van der Waals surface area (Å²) in [6, 6.07) is 2.26. The molecule has 1 unspecified atom stereocenters. The Morgan fingerprint density at radius 2 is 2.50 bits per heavy atom. The number of rotatable bonds is 4. The molecule has 0 spiro atoms. The van der Waals surface area contributed by atoms with Crippen molar-refractivity contribution < 1.29 is 0 Å². The summed E-state index contributed by atoms with van der Waals surface area (Å²) in [5, 5.41) is 8.78. The standard InChI is InChI=1S/C13H19N/c1-2-3-4-5-7-12-8-6-9-13(10-12)11-14/h5,7,10,12H,2-4,6,8-9H2,1H3/b7-5+. The topological polar surface area (TPSA) is 23.8 Å². The largest absolute Gasteiger partial charge is 0.193 e. The Kier molecular flexibility index (Phi) is 5.07. The van der Waals surface area contributed by atoms with Gasteiger partial charge in [0.25, 0.3) is 0 Å². The van der Waals surface area contributed by atoms with Crippen molar-refractivity contribution >= 4 is 0 Å². The molecule has 0 heterocycles. The monoisotopic (exact) mass is 189 g/mol. The van der Waals surface area contributed by atoms with Gasteiger partial charge in [0.15, 0.2) is 0 Å². The number of nitriles is 1. The van der Waals surface area contributed by atoms with Crippen LogP contribution in [0.1, 0.15) is 45.4 Å². The molecule has 0 saturated carbocycles. The first-order valence-electron chi connectivity index (χ1n) is 5.64. The smallest absolute Gasteiger partial charge is 0.0943 e. The zero-order valence-corrected chi connectivity index (χ0v) is 9.00. The van der Waals surface area contributed by atoms with Gasteiger partial charge >= 0.3 is 0 Å². The highest BCUT2D eigenvalue weighted by molar-refractivity contribution is 5.25. The first-order chi connectivity index (χ1) is 6.86. The summed E-state index contributed by atoms with van der Waals surface area (Å²) < 4.78 is 0. The van der Waals surface area contributed by atoms with E-state index in [2.05, 4.69) is 31.2 Å². The summed E-state index contributed by atoms with van der Waals surface area (Å²) in [5.74, 6) is 0.523. The van der Waals surface area contributed by atoms with Crippen molar-refractivity contribution in [3.63, 3.8) is 0 Å². The van der Waals surface area contributed by atoms with Gasteiger partial charge in [0.1, 0.15) is 0 Å². The van der Waals surface area contributed by atoms with Crippen molar-refractivity contribution in [1.82, 2.24) is 0 Å². The van der Waals surface area contributed by atoms with Gasteiger partial charge in [-0.3, -0.25) is 0 Å². The van der Waals surface area contributed by atoms with Crippen molar-refractivity contribution in [2.75, 3.05) is 0 Å². The predicted molar refractivity (Wildman–Crippen MR) is 59.7 cm³/mol. The minimum Gasteiger partial charge on any atom is -0.193 e. The van der Waals surface area contributed by atoms with E-state index >= 15 is 0 Å². The van der Waals surface area contributed by atoms with Gasteiger partial charge in [0.2, 0.25) is 0 Å². The lowest BCUT2D eigenvalue weighted by atomic mass is 9.90. The number of unbranched alkanes of at least 4 members (excludes halogenated alkanes) is 2. The van der Waals surface area contributed by atoms with Crippen LogP contribution in [0.25, 0.3) is 0 Å². The van der Waals surface area contributed by atoms with Gasteiger partial charge in [-0.2, -0.15) is 5.26 Å². The van der Waals surface area contributed by atoms with Crippen LogP contribution in [-0.4, -0.2) is 0 Å². The molecule has 1 atom stereocenters. The third-order valence-corrected chi connectivity index (χ3v) is 2.65. The summed E-state index contributed by atoms with van der Waals surface area (Å²) in [4.78, 5) is 0. The highest BCUT2D eigenvalue weighted by atomic mass is 14.3. The molecular formula is C13H19N. The van der Waals surface area contributed by atoms with E-state index in [1.807, 2.05) is 0 Å². The number of allylic oxidation sites excluding steroid dienone is 4. The van der Waals surface area contributed by atoms with Crippen LogP contribution in [0, 0.1) is 17.2 Å². The Morgan fingerprint density at radius 1 is 1.64 bits per heavy atom. The minimum absolute atomic E-state index is 0.523. The molecule has 1 aliphatic carbocycles. The third kappa shape index (κ3) is 3.79. The molecule has 0 N–H and O–H groups in total. The predicted octanol–water partition coefficient (Wildman–Crippen LogP) is 3.98. The molecule has 1 aliphatic rings. The lowest BCUT2D eigenvalue weighted by Crippen LogP contribution is -2.00. The van der Waals surface area contributed by atoms with Crippen LogP contribution in [0.2, 0.25) is 0 Å². The van der Waals surface area contributed by atoms with Crippen LogP contribution < -0.4 is 0 Å². The molecule has 0 saturated heterocycles. The van der Waals surface area contributed by atoms with Gasteiger partial charge in [-0.1, -0.05) is 38.0 Å². The van der Waals surface area contributed by atoms with Crippen molar-refractivity contribution in [2.24, 2.45) is 5.92 Å². The van der Waals surface area contributed by atoms with Crippen LogP contribution in [0.4, 0.5) is 0 Å². The maximum Gasteiger partial charge on any atom is 0.0943 e. The second-order valence-electron chi connectivity index (χ2n) is 3.93. The molecule has 0 aliphatic heterocycles. The van der Waals surface area contributed by atoms with Crippen molar-refractivity contribution in [3.05, 3.63) is 23.8 Å². The Morgan fingerprint density at radius 3 is 3.21 bits per heavy atom. The molecule has 0 aromatic heterocycles. The average Bonchev–Trinajstić information content (AvgIpc) is 2.25. The summed E-state index contributed by atoms with van der Waals surface area (Å²) in [5.41, 5.74) is 0.974. The number of hydrogen-bond donors (Lipinski definition) is 0. The fraction of sp³-hybridized carbons (Fsp3) is 0.615. The second kappa shape index (κ2) is 6.43. The van der Waals surface area contributed by atoms with E-state index in [1.54, 1.807) is 0 Å². The first kappa shape index (κ1) is 11.0. The molecule has 0 fully saturated rings. The van der Waals surface area contributed by atoms with E-state index in [4.69, 9.17) is 5.26 Å². The summed E-state index contributed by atoms with van der Waals surface area (Å²) in [6.45, 7) is 2.21. The van der Waals surface area contributed by atoms with Gasteiger partial charge < -0.3 is 0 Å². The minimum atomic E-state index is 0.523. The van der Waals surface area contributed by atoms with Gasteiger partial charge in [-0.05, 0) is 31.6 Å². The van der Waals surface area contributed by atoms with Crippen LogP contribution in [0.15, 0.2) is 23.8 Å². The average molecular weight is 189 g/mol. The van der Waals surface area contributed by atoms with Gasteiger partial charge in [0, 0.05) is 5.57 Å². The molecule has 1 rings (SSSR count). The zero-order chi connectivity index (χ0) is 10.2. The molecular weight excluding hydrogens is 170 g/mol. The Hall–Kier alpha value is -1.03. The molecule has 0 aromatic rings. The molecule has 0 aromatic carbocycles. The summed E-state index contributed by atoms with van der Waals surface area (Å²) in [7, 11) is 0. The van der Waals surface area contributed by atoms with E-state index in [-0.39, 0.29) is 0 Å². The lowest BCUT2D eigenvalue weighted by molar-refractivity contribution is 0.617. The van der Waals surface area contributed by atoms with E-state index < -0.39 is 0 Å². The summed E-state index contributed by atoms with van der Waals surface area (Å²) >= 11 is 0. The zero-order valence-electron chi connectivity index (χ0n) is 9.00. The molecule has 0 bridgehead atoms. The molecule has 14 heavy (non-hydrogen) atoms. The second-order valence-corrected chi connectivity index (χ2v) is 3.93.